The van der Waals surface area contributed by atoms with Gasteiger partial charge in [0.25, 0.3) is 0 Å². The Bertz CT molecular complexity index is 290. The molecule has 2 heteroatoms. The summed E-state index contributed by atoms with van der Waals surface area (Å²) in [6.45, 7) is 11.3. The monoisotopic (exact) mass is 225 g/mol. The van der Waals surface area contributed by atoms with Gasteiger partial charge in [0.1, 0.15) is 0 Å². The minimum absolute atomic E-state index is 0.485. The van der Waals surface area contributed by atoms with Gasteiger partial charge in [-0.3, -0.25) is 0 Å². The number of aryl methyl sites for hydroxylation is 1. The van der Waals surface area contributed by atoms with Crippen LogP contribution >= 0.6 is 11.3 Å². The van der Waals surface area contributed by atoms with E-state index in [1.165, 1.54) is 16.9 Å². The van der Waals surface area contributed by atoms with E-state index in [0.717, 1.165) is 5.92 Å². The summed E-state index contributed by atoms with van der Waals surface area (Å²) in [6, 6.07) is 3.28. The van der Waals surface area contributed by atoms with Gasteiger partial charge in [-0.2, -0.15) is 0 Å². The third-order valence-corrected chi connectivity index (χ3v) is 3.86. The van der Waals surface area contributed by atoms with Crippen LogP contribution in [0.1, 0.15) is 50.6 Å². The van der Waals surface area contributed by atoms with E-state index in [2.05, 4.69) is 51.4 Å². The predicted octanol–water partition coefficient (Wildman–Crippen LogP) is 4.14. The standard InChI is InChI=1S/C13H23NS/c1-9(2)8-11(4)14-12(5)13-10(3)6-7-15-13/h6-7,9,11-12,14H,8H2,1-5H3. The van der Waals surface area contributed by atoms with Crippen molar-refractivity contribution in [2.45, 2.75) is 53.1 Å². The van der Waals surface area contributed by atoms with Crippen LogP contribution < -0.4 is 5.32 Å². The molecule has 15 heavy (non-hydrogen) atoms. The summed E-state index contributed by atoms with van der Waals surface area (Å²) >= 11 is 1.86. The molecule has 0 aliphatic carbocycles. The fourth-order valence-electron chi connectivity index (χ4n) is 2.11. The molecule has 1 N–H and O–H groups in total. The van der Waals surface area contributed by atoms with Crippen LogP contribution in [-0.4, -0.2) is 6.04 Å². The van der Waals surface area contributed by atoms with E-state index in [-0.39, 0.29) is 0 Å². The molecule has 0 bridgehead atoms. The lowest BCUT2D eigenvalue weighted by Crippen LogP contribution is -2.29. The summed E-state index contributed by atoms with van der Waals surface area (Å²) in [4.78, 5) is 1.48. The van der Waals surface area contributed by atoms with Gasteiger partial charge in [-0.15, -0.1) is 11.3 Å². The maximum absolute atomic E-state index is 3.66. The highest BCUT2D eigenvalue weighted by molar-refractivity contribution is 7.10. The molecule has 0 radical (unpaired) electrons. The van der Waals surface area contributed by atoms with Gasteiger partial charge in [0, 0.05) is 17.0 Å². The van der Waals surface area contributed by atoms with E-state index >= 15 is 0 Å². The van der Waals surface area contributed by atoms with Gasteiger partial charge >= 0.3 is 0 Å². The highest BCUT2D eigenvalue weighted by atomic mass is 32.1. The molecular formula is C13H23NS. The third-order valence-electron chi connectivity index (χ3n) is 2.65. The fraction of sp³-hybridized carbons (Fsp3) is 0.692. The summed E-state index contributed by atoms with van der Waals surface area (Å²) < 4.78 is 0. The summed E-state index contributed by atoms with van der Waals surface area (Å²) in [5, 5.41) is 5.84. The molecule has 0 spiro atoms. The molecule has 1 aromatic heterocycles. The smallest absolute Gasteiger partial charge is 0.0390 e. The molecule has 0 fully saturated rings. The summed E-state index contributed by atoms with van der Waals surface area (Å²) in [6.07, 6.45) is 1.24. The molecule has 0 saturated carbocycles. The van der Waals surface area contributed by atoms with E-state index < -0.39 is 0 Å². The largest absolute Gasteiger partial charge is 0.307 e. The van der Waals surface area contributed by atoms with Crippen LogP contribution in [0.25, 0.3) is 0 Å². The van der Waals surface area contributed by atoms with Crippen LogP contribution in [0.3, 0.4) is 0 Å². The maximum Gasteiger partial charge on any atom is 0.0390 e. The van der Waals surface area contributed by atoms with Crippen molar-refractivity contribution in [3.05, 3.63) is 21.9 Å². The van der Waals surface area contributed by atoms with Gasteiger partial charge in [0.2, 0.25) is 0 Å². The summed E-state index contributed by atoms with van der Waals surface area (Å²) in [5.74, 6) is 0.768. The zero-order valence-corrected chi connectivity index (χ0v) is 11.3. The molecule has 86 valence electrons. The summed E-state index contributed by atoms with van der Waals surface area (Å²) in [5.41, 5.74) is 1.41. The molecule has 0 aliphatic rings. The Kier molecular flexibility index (Phi) is 4.81. The second-order valence-corrected chi connectivity index (χ2v) is 5.83. The van der Waals surface area contributed by atoms with Crippen LogP contribution in [0.2, 0.25) is 0 Å². The molecule has 0 aromatic carbocycles. The molecule has 1 aromatic rings. The number of nitrogens with one attached hydrogen (secondary N) is 1. The van der Waals surface area contributed by atoms with Crippen molar-refractivity contribution in [3.63, 3.8) is 0 Å². The van der Waals surface area contributed by atoms with Crippen molar-refractivity contribution in [2.75, 3.05) is 0 Å². The van der Waals surface area contributed by atoms with Gasteiger partial charge in [0.15, 0.2) is 0 Å². The zero-order chi connectivity index (χ0) is 11.4. The number of thiophene rings is 1. The van der Waals surface area contributed by atoms with Gasteiger partial charge in [-0.1, -0.05) is 13.8 Å². The van der Waals surface area contributed by atoms with Gasteiger partial charge < -0.3 is 5.32 Å². The molecule has 2 unspecified atom stereocenters. The number of rotatable bonds is 5. The Morgan fingerprint density at radius 1 is 1.27 bits per heavy atom. The average molecular weight is 225 g/mol. The van der Waals surface area contributed by atoms with E-state index in [9.17, 15) is 0 Å². The molecule has 2 atom stereocenters. The van der Waals surface area contributed by atoms with Crippen molar-refractivity contribution in [1.82, 2.24) is 5.32 Å². The van der Waals surface area contributed by atoms with Crippen molar-refractivity contribution >= 4 is 11.3 Å². The van der Waals surface area contributed by atoms with Crippen LogP contribution in [0.15, 0.2) is 11.4 Å². The van der Waals surface area contributed by atoms with Crippen LogP contribution in [-0.2, 0) is 0 Å². The van der Waals surface area contributed by atoms with Crippen molar-refractivity contribution in [1.29, 1.82) is 0 Å². The summed E-state index contributed by atoms with van der Waals surface area (Å²) in [7, 11) is 0. The zero-order valence-electron chi connectivity index (χ0n) is 10.5. The van der Waals surface area contributed by atoms with Crippen LogP contribution in [0.4, 0.5) is 0 Å². The second-order valence-electron chi connectivity index (χ2n) is 4.89. The Morgan fingerprint density at radius 3 is 2.40 bits per heavy atom. The number of hydrogen-bond acceptors (Lipinski definition) is 2. The maximum atomic E-state index is 3.66. The highest BCUT2D eigenvalue weighted by Crippen LogP contribution is 2.24. The molecule has 1 nitrogen and oxygen atoms in total. The normalized spacial score (nSPS) is 15.6. The topological polar surface area (TPSA) is 12.0 Å². The molecule has 0 aliphatic heterocycles. The predicted molar refractivity (Wildman–Crippen MR) is 69.5 cm³/mol. The van der Waals surface area contributed by atoms with Gasteiger partial charge in [-0.25, -0.2) is 0 Å². The average Bonchev–Trinajstić information content (AvgIpc) is 2.49. The Morgan fingerprint density at radius 2 is 1.93 bits per heavy atom. The second kappa shape index (κ2) is 5.66. The van der Waals surface area contributed by atoms with Gasteiger partial charge in [0.05, 0.1) is 0 Å². The molecule has 0 saturated heterocycles. The van der Waals surface area contributed by atoms with Crippen molar-refractivity contribution in [2.24, 2.45) is 5.92 Å². The first-order chi connectivity index (χ1) is 7.00. The van der Waals surface area contributed by atoms with Gasteiger partial charge in [-0.05, 0) is 50.1 Å². The lowest BCUT2D eigenvalue weighted by atomic mass is 10.0. The minimum Gasteiger partial charge on any atom is -0.307 e. The van der Waals surface area contributed by atoms with E-state index in [4.69, 9.17) is 0 Å². The Labute approximate surface area is 97.9 Å². The Hall–Kier alpha value is -0.340. The first-order valence-electron chi connectivity index (χ1n) is 5.80. The van der Waals surface area contributed by atoms with Crippen molar-refractivity contribution < 1.29 is 0 Å². The highest BCUT2D eigenvalue weighted by Gasteiger charge is 2.13. The third kappa shape index (κ3) is 3.96. The fourth-order valence-corrected chi connectivity index (χ4v) is 3.05. The lowest BCUT2D eigenvalue weighted by molar-refractivity contribution is 0.409. The van der Waals surface area contributed by atoms with E-state index in [1.807, 2.05) is 11.3 Å². The van der Waals surface area contributed by atoms with Crippen LogP contribution in [0, 0.1) is 12.8 Å². The van der Waals surface area contributed by atoms with E-state index in [1.54, 1.807) is 0 Å². The molecule has 1 heterocycles. The first kappa shape index (κ1) is 12.7. The first-order valence-corrected chi connectivity index (χ1v) is 6.68. The Balaban J connectivity index is 2.49. The van der Waals surface area contributed by atoms with E-state index in [0.29, 0.717) is 12.1 Å². The molecule has 1 rings (SSSR count). The van der Waals surface area contributed by atoms with Crippen molar-refractivity contribution in [3.8, 4) is 0 Å². The minimum atomic E-state index is 0.485. The number of hydrogen-bond donors (Lipinski definition) is 1. The SMILES string of the molecule is Cc1ccsc1C(C)NC(C)CC(C)C. The quantitative estimate of drug-likeness (QED) is 0.794. The molecule has 0 amide bonds. The molecular weight excluding hydrogens is 202 g/mol. The van der Waals surface area contributed by atoms with Crippen LogP contribution in [0.5, 0.6) is 0 Å². The lowest BCUT2D eigenvalue weighted by Gasteiger charge is -2.21.